The van der Waals surface area contributed by atoms with E-state index in [0.717, 1.165) is 18.2 Å². The zero-order chi connectivity index (χ0) is 18.2. The van der Waals surface area contributed by atoms with Crippen molar-refractivity contribution in [2.45, 2.75) is 39.7 Å². The summed E-state index contributed by atoms with van der Waals surface area (Å²) in [4.78, 5) is 8.57. The maximum atomic E-state index is 13.6. The summed E-state index contributed by atoms with van der Waals surface area (Å²) in [6, 6.07) is 3.33. The molecule has 0 aliphatic carbocycles. The fourth-order valence-electron chi connectivity index (χ4n) is 2.06. The van der Waals surface area contributed by atoms with E-state index in [0.29, 0.717) is 37.2 Å². The molecule has 0 radical (unpaired) electrons. The highest BCUT2D eigenvalue weighted by Crippen LogP contribution is 2.11. The normalized spacial score (nSPS) is 11.8. The van der Waals surface area contributed by atoms with Gasteiger partial charge in [-0.1, -0.05) is 19.0 Å². The molecule has 25 heavy (non-hydrogen) atoms. The molecule has 0 fully saturated rings. The van der Waals surface area contributed by atoms with Crippen molar-refractivity contribution in [3.05, 3.63) is 47.1 Å². The van der Waals surface area contributed by atoms with Crippen molar-refractivity contribution in [1.29, 1.82) is 0 Å². The molecule has 8 heteroatoms. The Morgan fingerprint density at radius 1 is 1.28 bits per heavy atom. The van der Waals surface area contributed by atoms with Crippen LogP contribution >= 0.6 is 0 Å². The second-order valence-corrected chi connectivity index (χ2v) is 5.81. The number of aromatic nitrogens is 2. The van der Waals surface area contributed by atoms with Gasteiger partial charge in [0.05, 0.1) is 6.54 Å². The molecule has 0 atom stereocenters. The van der Waals surface area contributed by atoms with Gasteiger partial charge in [-0.25, -0.2) is 13.8 Å². The second-order valence-electron chi connectivity index (χ2n) is 5.81. The van der Waals surface area contributed by atoms with Crippen LogP contribution < -0.4 is 10.6 Å². The molecule has 0 aliphatic rings. The highest BCUT2D eigenvalue weighted by Gasteiger charge is 2.09. The van der Waals surface area contributed by atoms with E-state index < -0.39 is 11.6 Å². The molecule has 2 N–H and O–H groups in total. The lowest BCUT2D eigenvalue weighted by molar-refractivity contribution is 0.371. The van der Waals surface area contributed by atoms with Gasteiger partial charge < -0.3 is 15.2 Å². The average Bonchev–Trinajstić information content (AvgIpc) is 3.04. The summed E-state index contributed by atoms with van der Waals surface area (Å²) in [5.74, 6) is 0.982. The van der Waals surface area contributed by atoms with Crippen LogP contribution in [0.25, 0.3) is 0 Å². The van der Waals surface area contributed by atoms with Gasteiger partial charge in [0.2, 0.25) is 5.89 Å². The SMILES string of the molecule is CCNC(=NCc1cc(F)ccc1F)NCCc1nc(C(C)C)no1. The van der Waals surface area contributed by atoms with Crippen LogP contribution in [0.5, 0.6) is 0 Å². The zero-order valence-electron chi connectivity index (χ0n) is 14.6. The van der Waals surface area contributed by atoms with Gasteiger partial charge in [-0.2, -0.15) is 4.98 Å². The van der Waals surface area contributed by atoms with Crippen LogP contribution in [0.4, 0.5) is 8.78 Å². The standard InChI is InChI=1S/C17H23F2N5O/c1-4-20-17(22-10-12-9-13(18)5-6-14(12)19)21-8-7-15-23-16(11(2)3)24-25-15/h5-6,9,11H,4,7-8,10H2,1-3H3,(H2,20,21,22). The Balaban J connectivity index is 1.91. The van der Waals surface area contributed by atoms with Crippen LogP contribution in [0.1, 0.15) is 44.0 Å². The van der Waals surface area contributed by atoms with E-state index in [1.165, 1.54) is 0 Å². The highest BCUT2D eigenvalue weighted by molar-refractivity contribution is 5.79. The van der Waals surface area contributed by atoms with E-state index in [1.54, 1.807) is 0 Å². The Bertz CT molecular complexity index is 715. The second kappa shape index (κ2) is 9.10. The monoisotopic (exact) mass is 351 g/mol. The largest absolute Gasteiger partial charge is 0.357 e. The summed E-state index contributed by atoms with van der Waals surface area (Å²) in [6.45, 7) is 7.12. The predicted molar refractivity (Wildman–Crippen MR) is 91.3 cm³/mol. The number of halogens is 2. The Morgan fingerprint density at radius 2 is 2.08 bits per heavy atom. The van der Waals surface area contributed by atoms with Crippen LogP contribution in [0.15, 0.2) is 27.7 Å². The molecule has 1 aromatic carbocycles. The minimum absolute atomic E-state index is 0.0387. The van der Waals surface area contributed by atoms with Gasteiger partial charge in [0.1, 0.15) is 11.6 Å². The van der Waals surface area contributed by atoms with Crippen LogP contribution in [0, 0.1) is 11.6 Å². The summed E-state index contributed by atoms with van der Waals surface area (Å²) in [6.07, 6.45) is 0.540. The van der Waals surface area contributed by atoms with E-state index in [2.05, 4.69) is 25.8 Å². The molecule has 6 nitrogen and oxygen atoms in total. The third kappa shape index (κ3) is 5.81. The van der Waals surface area contributed by atoms with Crippen molar-refractivity contribution >= 4 is 5.96 Å². The third-order valence-electron chi connectivity index (χ3n) is 3.39. The number of rotatable bonds is 7. The number of aliphatic imine (C=N–C) groups is 1. The van der Waals surface area contributed by atoms with Gasteiger partial charge in [-0.05, 0) is 25.1 Å². The average molecular weight is 351 g/mol. The Labute approximate surface area is 145 Å². The minimum atomic E-state index is -0.484. The highest BCUT2D eigenvalue weighted by atomic mass is 19.1. The van der Waals surface area contributed by atoms with Gasteiger partial charge in [-0.15, -0.1) is 0 Å². The lowest BCUT2D eigenvalue weighted by atomic mass is 10.2. The first-order valence-electron chi connectivity index (χ1n) is 8.28. The molecule has 0 spiro atoms. The van der Waals surface area contributed by atoms with Gasteiger partial charge in [0, 0.05) is 31.0 Å². The number of hydrogen-bond acceptors (Lipinski definition) is 4. The number of benzene rings is 1. The van der Waals surface area contributed by atoms with Crippen molar-refractivity contribution in [2.75, 3.05) is 13.1 Å². The molecule has 0 amide bonds. The minimum Gasteiger partial charge on any atom is -0.357 e. The van der Waals surface area contributed by atoms with E-state index in [-0.39, 0.29) is 18.0 Å². The van der Waals surface area contributed by atoms with E-state index in [1.807, 2.05) is 20.8 Å². The van der Waals surface area contributed by atoms with Crippen LogP contribution in [-0.4, -0.2) is 29.2 Å². The molecule has 136 valence electrons. The molecular weight excluding hydrogens is 328 g/mol. The first-order chi connectivity index (χ1) is 12.0. The third-order valence-corrected chi connectivity index (χ3v) is 3.39. The fraction of sp³-hybridized carbons (Fsp3) is 0.471. The van der Waals surface area contributed by atoms with Crippen molar-refractivity contribution in [3.63, 3.8) is 0 Å². The van der Waals surface area contributed by atoms with Crippen molar-refractivity contribution in [1.82, 2.24) is 20.8 Å². The summed E-state index contributed by atoms with van der Waals surface area (Å²) in [7, 11) is 0. The quantitative estimate of drug-likeness (QED) is 0.593. The number of guanidine groups is 1. The fourth-order valence-corrected chi connectivity index (χ4v) is 2.06. The lowest BCUT2D eigenvalue weighted by Gasteiger charge is -2.10. The summed E-state index contributed by atoms with van der Waals surface area (Å²) in [5, 5.41) is 10.1. The lowest BCUT2D eigenvalue weighted by Crippen LogP contribution is -2.38. The number of nitrogens with zero attached hydrogens (tertiary/aromatic N) is 3. The molecule has 0 aliphatic heterocycles. The van der Waals surface area contributed by atoms with Gasteiger partial charge >= 0.3 is 0 Å². The molecule has 0 saturated heterocycles. The maximum Gasteiger partial charge on any atom is 0.228 e. The van der Waals surface area contributed by atoms with Gasteiger partial charge in [0.15, 0.2) is 11.8 Å². The number of nitrogens with one attached hydrogen (secondary N) is 2. The van der Waals surface area contributed by atoms with E-state index in [4.69, 9.17) is 4.52 Å². The molecule has 2 rings (SSSR count). The van der Waals surface area contributed by atoms with Gasteiger partial charge in [-0.3, -0.25) is 0 Å². The molecular formula is C17H23F2N5O. The Hall–Kier alpha value is -2.51. The smallest absolute Gasteiger partial charge is 0.228 e. The predicted octanol–water partition coefficient (Wildman–Crippen LogP) is 2.77. The summed E-state index contributed by atoms with van der Waals surface area (Å²) >= 11 is 0. The van der Waals surface area contributed by atoms with Crippen LogP contribution in [-0.2, 0) is 13.0 Å². The van der Waals surface area contributed by atoms with E-state index in [9.17, 15) is 8.78 Å². The molecule has 2 aromatic rings. The first-order valence-corrected chi connectivity index (χ1v) is 8.28. The molecule has 0 unspecified atom stereocenters. The molecule has 1 aromatic heterocycles. The maximum absolute atomic E-state index is 13.6. The molecule has 0 bridgehead atoms. The number of hydrogen-bond donors (Lipinski definition) is 2. The Morgan fingerprint density at radius 3 is 2.76 bits per heavy atom. The molecule has 0 saturated carbocycles. The van der Waals surface area contributed by atoms with Gasteiger partial charge in [0.25, 0.3) is 0 Å². The first kappa shape index (κ1) is 18.8. The summed E-state index contributed by atoms with van der Waals surface area (Å²) < 4.78 is 32.0. The van der Waals surface area contributed by atoms with Crippen LogP contribution in [0.2, 0.25) is 0 Å². The van der Waals surface area contributed by atoms with Crippen molar-refractivity contribution in [2.24, 2.45) is 4.99 Å². The van der Waals surface area contributed by atoms with Crippen molar-refractivity contribution in [3.8, 4) is 0 Å². The van der Waals surface area contributed by atoms with Crippen molar-refractivity contribution < 1.29 is 13.3 Å². The van der Waals surface area contributed by atoms with Crippen LogP contribution in [0.3, 0.4) is 0 Å². The molecule has 1 heterocycles. The Kier molecular flexibility index (Phi) is 6.85. The summed E-state index contributed by atoms with van der Waals surface area (Å²) in [5.41, 5.74) is 0.204. The van der Waals surface area contributed by atoms with E-state index >= 15 is 0 Å². The topological polar surface area (TPSA) is 75.3 Å². The zero-order valence-corrected chi connectivity index (χ0v) is 14.6.